The molecule has 0 saturated carbocycles. The highest BCUT2D eigenvalue weighted by Gasteiger charge is 2.25. The van der Waals surface area contributed by atoms with E-state index in [2.05, 4.69) is 77.2 Å². The summed E-state index contributed by atoms with van der Waals surface area (Å²) in [7, 11) is 0. The van der Waals surface area contributed by atoms with Gasteiger partial charge >= 0.3 is 0 Å². The number of hydrogen-bond acceptors (Lipinski definition) is 5. The summed E-state index contributed by atoms with van der Waals surface area (Å²) < 4.78 is 5.98. The summed E-state index contributed by atoms with van der Waals surface area (Å²) in [5, 5.41) is 8.57. The van der Waals surface area contributed by atoms with Crippen molar-refractivity contribution >= 4 is 0 Å². The van der Waals surface area contributed by atoms with E-state index in [1.54, 1.807) is 0 Å². The van der Waals surface area contributed by atoms with Gasteiger partial charge in [-0.05, 0) is 38.5 Å². The van der Waals surface area contributed by atoms with E-state index in [0.29, 0.717) is 11.8 Å². The highest BCUT2D eigenvalue weighted by molar-refractivity contribution is 5.52. The van der Waals surface area contributed by atoms with Crippen molar-refractivity contribution in [2.75, 3.05) is 26.2 Å². The Hall–Kier alpha value is -2.50. The van der Waals surface area contributed by atoms with Gasteiger partial charge in [0.2, 0.25) is 11.8 Å². The molecule has 4 rings (SSSR count). The van der Waals surface area contributed by atoms with Gasteiger partial charge in [-0.3, -0.25) is 9.80 Å². The number of piperazine rings is 1. The SMILES string of the molecule is Cc1ccc(-c2nnc(C(C)N3CCN(Cc4cccc(C)c4)CC3)o2)cc1. The van der Waals surface area contributed by atoms with Crippen LogP contribution < -0.4 is 0 Å². The lowest BCUT2D eigenvalue weighted by Crippen LogP contribution is -2.46. The predicted octanol–water partition coefficient (Wildman–Crippen LogP) is 4.23. The molecular formula is C23H28N4O. The fourth-order valence-electron chi connectivity index (χ4n) is 3.75. The van der Waals surface area contributed by atoms with E-state index in [-0.39, 0.29) is 6.04 Å². The Bertz CT molecular complexity index is 910. The van der Waals surface area contributed by atoms with E-state index < -0.39 is 0 Å². The fourth-order valence-corrected chi connectivity index (χ4v) is 3.75. The first-order valence-electron chi connectivity index (χ1n) is 10.0. The van der Waals surface area contributed by atoms with E-state index in [0.717, 1.165) is 38.3 Å². The summed E-state index contributed by atoms with van der Waals surface area (Å²) in [4.78, 5) is 4.95. The lowest BCUT2D eigenvalue weighted by atomic mass is 10.1. The van der Waals surface area contributed by atoms with Crippen LogP contribution >= 0.6 is 0 Å². The first-order valence-corrected chi connectivity index (χ1v) is 10.0. The maximum Gasteiger partial charge on any atom is 0.247 e. The van der Waals surface area contributed by atoms with E-state index in [4.69, 9.17) is 4.42 Å². The first-order chi connectivity index (χ1) is 13.6. The minimum absolute atomic E-state index is 0.132. The molecule has 5 nitrogen and oxygen atoms in total. The Kier molecular flexibility index (Phi) is 5.55. The average molecular weight is 377 g/mol. The van der Waals surface area contributed by atoms with Gasteiger partial charge in [-0.15, -0.1) is 10.2 Å². The highest BCUT2D eigenvalue weighted by Crippen LogP contribution is 2.25. The molecule has 2 aromatic carbocycles. The van der Waals surface area contributed by atoms with E-state index in [1.165, 1.54) is 16.7 Å². The molecule has 1 aromatic heterocycles. The zero-order valence-electron chi connectivity index (χ0n) is 16.9. The molecule has 1 aliphatic rings. The molecule has 3 aromatic rings. The Balaban J connectivity index is 1.35. The van der Waals surface area contributed by atoms with Crippen molar-refractivity contribution in [2.45, 2.75) is 33.4 Å². The lowest BCUT2D eigenvalue weighted by Gasteiger charge is -2.36. The van der Waals surface area contributed by atoms with E-state index in [1.807, 2.05) is 12.1 Å². The summed E-state index contributed by atoms with van der Waals surface area (Å²) in [6.07, 6.45) is 0. The van der Waals surface area contributed by atoms with Crippen molar-refractivity contribution in [1.29, 1.82) is 0 Å². The molecule has 1 fully saturated rings. The highest BCUT2D eigenvalue weighted by atomic mass is 16.4. The molecule has 0 amide bonds. The van der Waals surface area contributed by atoms with Crippen molar-refractivity contribution in [2.24, 2.45) is 0 Å². The summed E-state index contributed by atoms with van der Waals surface area (Å²) >= 11 is 0. The first kappa shape index (κ1) is 18.8. The second-order valence-electron chi connectivity index (χ2n) is 7.79. The van der Waals surface area contributed by atoms with Gasteiger partial charge in [-0.1, -0.05) is 47.5 Å². The molecule has 2 heterocycles. The molecule has 0 N–H and O–H groups in total. The molecule has 28 heavy (non-hydrogen) atoms. The molecule has 0 spiro atoms. The number of aromatic nitrogens is 2. The molecule has 1 unspecified atom stereocenters. The third-order valence-corrected chi connectivity index (χ3v) is 5.54. The summed E-state index contributed by atoms with van der Waals surface area (Å²) in [6, 6.07) is 17.1. The minimum atomic E-state index is 0.132. The summed E-state index contributed by atoms with van der Waals surface area (Å²) in [5.41, 5.74) is 4.91. The van der Waals surface area contributed by atoms with Gasteiger partial charge in [0.25, 0.3) is 0 Å². The van der Waals surface area contributed by atoms with Gasteiger partial charge in [0.1, 0.15) is 0 Å². The number of hydrogen-bond donors (Lipinski definition) is 0. The standard InChI is InChI=1S/C23H28N4O/c1-17-7-9-21(10-8-17)23-25-24-22(28-23)19(3)27-13-11-26(12-14-27)16-20-6-4-5-18(2)15-20/h4-10,15,19H,11-14,16H2,1-3H3. The molecule has 1 atom stereocenters. The van der Waals surface area contributed by atoms with Crippen LogP contribution in [-0.4, -0.2) is 46.2 Å². The van der Waals surface area contributed by atoms with Gasteiger partial charge in [0, 0.05) is 38.3 Å². The van der Waals surface area contributed by atoms with Crippen LogP contribution in [0.4, 0.5) is 0 Å². The molecule has 0 bridgehead atoms. The normalized spacial score (nSPS) is 17.0. The van der Waals surface area contributed by atoms with Crippen LogP contribution in [-0.2, 0) is 6.54 Å². The average Bonchev–Trinajstić information content (AvgIpc) is 3.19. The van der Waals surface area contributed by atoms with E-state index >= 15 is 0 Å². The van der Waals surface area contributed by atoms with Crippen molar-refractivity contribution in [1.82, 2.24) is 20.0 Å². The monoisotopic (exact) mass is 376 g/mol. The molecule has 0 radical (unpaired) electrons. The van der Waals surface area contributed by atoms with Gasteiger partial charge in [0.15, 0.2) is 0 Å². The molecule has 0 aliphatic carbocycles. The van der Waals surface area contributed by atoms with E-state index in [9.17, 15) is 0 Å². The minimum Gasteiger partial charge on any atom is -0.419 e. The molecule has 146 valence electrons. The Morgan fingerprint density at radius 1 is 0.929 bits per heavy atom. The third kappa shape index (κ3) is 4.32. The van der Waals surface area contributed by atoms with Crippen LogP contribution in [0.1, 0.15) is 35.5 Å². The van der Waals surface area contributed by atoms with Gasteiger partial charge in [-0.25, -0.2) is 0 Å². The van der Waals surface area contributed by atoms with Gasteiger partial charge in [0.05, 0.1) is 6.04 Å². The van der Waals surface area contributed by atoms with Crippen LogP contribution in [0.15, 0.2) is 52.9 Å². The lowest BCUT2D eigenvalue weighted by molar-refractivity contribution is 0.0876. The van der Waals surface area contributed by atoms with Crippen LogP contribution in [0.3, 0.4) is 0 Å². The van der Waals surface area contributed by atoms with Crippen molar-refractivity contribution in [3.63, 3.8) is 0 Å². The fraction of sp³-hybridized carbons (Fsp3) is 0.391. The number of nitrogens with zero attached hydrogens (tertiary/aromatic N) is 4. The molecule has 5 heteroatoms. The van der Waals surface area contributed by atoms with Crippen molar-refractivity contribution < 1.29 is 4.42 Å². The maximum absolute atomic E-state index is 5.98. The molecule has 1 aliphatic heterocycles. The maximum atomic E-state index is 5.98. The number of benzene rings is 2. The number of aryl methyl sites for hydroxylation is 2. The third-order valence-electron chi connectivity index (χ3n) is 5.54. The second kappa shape index (κ2) is 8.25. The zero-order chi connectivity index (χ0) is 19.5. The predicted molar refractivity (Wildman–Crippen MR) is 111 cm³/mol. The van der Waals surface area contributed by atoms with Gasteiger partial charge in [-0.2, -0.15) is 0 Å². The number of rotatable bonds is 5. The smallest absolute Gasteiger partial charge is 0.247 e. The van der Waals surface area contributed by atoms with Crippen molar-refractivity contribution in [3.8, 4) is 11.5 Å². The largest absolute Gasteiger partial charge is 0.419 e. The Morgan fingerprint density at radius 2 is 1.68 bits per heavy atom. The molecule has 1 saturated heterocycles. The van der Waals surface area contributed by atoms with Crippen LogP contribution in [0.25, 0.3) is 11.5 Å². The summed E-state index contributed by atoms with van der Waals surface area (Å²) in [6.45, 7) is 11.5. The Morgan fingerprint density at radius 3 is 2.39 bits per heavy atom. The summed E-state index contributed by atoms with van der Waals surface area (Å²) in [5.74, 6) is 1.29. The quantitative estimate of drug-likeness (QED) is 0.667. The Labute approximate surface area is 167 Å². The second-order valence-corrected chi connectivity index (χ2v) is 7.79. The topological polar surface area (TPSA) is 45.4 Å². The molecular weight excluding hydrogens is 348 g/mol. The van der Waals surface area contributed by atoms with Crippen molar-refractivity contribution in [3.05, 3.63) is 71.1 Å². The van der Waals surface area contributed by atoms with Crippen LogP contribution in [0.2, 0.25) is 0 Å². The van der Waals surface area contributed by atoms with Crippen LogP contribution in [0.5, 0.6) is 0 Å². The zero-order valence-corrected chi connectivity index (χ0v) is 16.9. The van der Waals surface area contributed by atoms with Crippen LogP contribution in [0, 0.1) is 13.8 Å². The van der Waals surface area contributed by atoms with Gasteiger partial charge < -0.3 is 4.42 Å².